The first-order chi connectivity index (χ1) is 9.63. The number of benzene rings is 1. The zero-order valence-corrected chi connectivity index (χ0v) is 13.8. The molecule has 7 heteroatoms. The minimum Gasteiger partial charge on any atom is -0.495 e. The molecule has 0 spiro atoms. The van der Waals surface area contributed by atoms with Crippen LogP contribution in [-0.2, 0) is 10.0 Å². The summed E-state index contributed by atoms with van der Waals surface area (Å²) >= 11 is 0. The first-order valence-corrected chi connectivity index (χ1v) is 8.27. The van der Waals surface area contributed by atoms with Crippen molar-refractivity contribution in [1.29, 1.82) is 0 Å². The van der Waals surface area contributed by atoms with Crippen molar-refractivity contribution in [2.45, 2.75) is 44.1 Å². The molecule has 1 unspecified atom stereocenters. The fraction of sp³-hybridized carbons (Fsp3) is 0.571. The number of nitrogens with two attached hydrogens (primary N) is 1. The first kappa shape index (κ1) is 17.7. The summed E-state index contributed by atoms with van der Waals surface area (Å²) in [4.78, 5) is -0.0274. The van der Waals surface area contributed by atoms with Crippen LogP contribution in [-0.4, -0.2) is 32.8 Å². The number of rotatable bonds is 7. The monoisotopic (exact) mass is 316 g/mol. The highest BCUT2D eigenvalue weighted by molar-refractivity contribution is 7.89. The summed E-state index contributed by atoms with van der Waals surface area (Å²) in [6, 6.07) is 2.94. The molecule has 1 aromatic carbocycles. The van der Waals surface area contributed by atoms with Crippen LogP contribution >= 0.6 is 0 Å². The lowest BCUT2D eigenvalue weighted by molar-refractivity contribution is 0.0554. The molecule has 0 aliphatic carbocycles. The van der Waals surface area contributed by atoms with Crippen molar-refractivity contribution < 1.29 is 18.3 Å². The van der Waals surface area contributed by atoms with Gasteiger partial charge in [0.1, 0.15) is 10.6 Å². The number of ether oxygens (including phenoxy) is 1. The van der Waals surface area contributed by atoms with Crippen LogP contribution in [0.5, 0.6) is 5.75 Å². The second-order valence-electron chi connectivity index (χ2n) is 5.43. The molecule has 1 aromatic rings. The Morgan fingerprint density at radius 3 is 2.57 bits per heavy atom. The number of hydrogen-bond donors (Lipinski definition) is 3. The van der Waals surface area contributed by atoms with Gasteiger partial charge in [0.15, 0.2) is 0 Å². The summed E-state index contributed by atoms with van der Waals surface area (Å²) in [5, 5.41) is 10.1. The Morgan fingerprint density at radius 1 is 1.43 bits per heavy atom. The standard InChI is InChI=1S/C14H24N2O4S/c1-5-6-14(3,17)9-16-21(18,19)13-8-11(15)10(2)7-12(13)20-4/h7-8,16-17H,5-6,9,15H2,1-4H3. The smallest absolute Gasteiger partial charge is 0.244 e. The van der Waals surface area contributed by atoms with E-state index in [-0.39, 0.29) is 17.2 Å². The summed E-state index contributed by atoms with van der Waals surface area (Å²) in [6.07, 6.45) is 1.26. The number of nitrogen functional groups attached to an aromatic ring is 1. The number of sulfonamides is 1. The molecule has 21 heavy (non-hydrogen) atoms. The Bertz CT molecular complexity index is 597. The Balaban J connectivity index is 3.06. The molecule has 4 N–H and O–H groups in total. The lowest BCUT2D eigenvalue weighted by atomic mass is 10.0. The third-order valence-electron chi connectivity index (χ3n) is 3.27. The van der Waals surface area contributed by atoms with Gasteiger partial charge in [-0.25, -0.2) is 13.1 Å². The van der Waals surface area contributed by atoms with Gasteiger partial charge in [0.25, 0.3) is 0 Å². The van der Waals surface area contributed by atoms with Crippen molar-refractivity contribution in [3.63, 3.8) is 0 Å². The second kappa shape index (κ2) is 6.64. The predicted molar refractivity (Wildman–Crippen MR) is 82.9 cm³/mol. The number of hydrogen-bond acceptors (Lipinski definition) is 5. The van der Waals surface area contributed by atoms with Gasteiger partial charge in [0.2, 0.25) is 10.0 Å². The average Bonchev–Trinajstić information content (AvgIpc) is 2.39. The maximum Gasteiger partial charge on any atom is 0.244 e. The SMILES string of the molecule is CCCC(C)(O)CNS(=O)(=O)c1cc(N)c(C)cc1OC. The van der Waals surface area contributed by atoms with Crippen LogP contribution in [0.15, 0.2) is 17.0 Å². The van der Waals surface area contributed by atoms with Gasteiger partial charge in [-0.3, -0.25) is 0 Å². The third-order valence-corrected chi connectivity index (χ3v) is 4.70. The Labute approximate surface area is 126 Å². The normalized spacial score (nSPS) is 14.7. The van der Waals surface area contributed by atoms with Crippen LogP contribution in [0, 0.1) is 6.92 Å². The zero-order chi connectivity index (χ0) is 16.3. The highest BCUT2D eigenvalue weighted by atomic mass is 32.2. The minimum absolute atomic E-state index is 0.0274. The number of aryl methyl sites for hydroxylation is 1. The molecular formula is C14H24N2O4S. The molecule has 0 heterocycles. The van der Waals surface area contributed by atoms with E-state index in [4.69, 9.17) is 10.5 Å². The minimum atomic E-state index is -3.81. The maximum atomic E-state index is 12.4. The molecule has 0 aliphatic heterocycles. The molecule has 0 bridgehead atoms. The summed E-state index contributed by atoms with van der Waals surface area (Å²) in [6.45, 7) is 5.22. The molecule has 0 amide bonds. The van der Waals surface area contributed by atoms with Crippen molar-refractivity contribution in [1.82, 2.24) is 4.72 Å². The molecule has 1 atom stereocenters. The van der Waals surface area contributed by atoms with Crippen LogP contribution in [0.3, 0.4) is 0 Å². The predicted octanol–water partition coefficient (Wildman–Crippen LogP) is 1.42. The van der Waals surface area contributed by atoms with Gasteiger partial charge in [0.05, 0.1) is 12.7 Å². The number of nitrogens with one attached hydrogen (secondary N) is 1. The molecule has 0 saturated carbocycles. The van der Waals surface area contributed by atoms with E-state index in [2.05, 4.69) is 4.72 Å². The molecule has 6 nitrogen and oxygen atoms in total. The van der Waals surface area contributed by atoms with E-state index in [1.54, 1.807) is 19.9 Å². The van der Waals surface area contributed by atoms with Gasteiger partial charge in [-0.1, -0.05) is 13.3 Å². The van der Waals surface area contributed by atoms with Crippen molar-refractivity contribution in [2.75, 3.05) is 19.4 Å². The summed E-state index contributed by atoms with van der Waals surface area (Å²) < 4.78 is 32.3. The van der Waals surface area contributed by atoms with Crippen LogP contribution in [0.2, 0.25) is 0 Å². The molecular weight excluding hydrogens is 292 g/mol. The Morgan fingerprint density at radius 2 is 2.05 bits per heavy atom. The van der Waals surface area contributed by atoms with E-state index >= 15 is 0 Å². The molecule has 120 valence electrons. The Hall–Kier alpha value is -1.31. The van der Waals surface area contributed by atoms with E-state index in [0.717, 1.165) is 12.0 Å². The number of methoxy groups -OCH3 is 1. The quantitative estimate of drug-likeness (QED) is 0.660. The molecule has 0 aromatic heterocycles. The van der Waals surface area contributed by atoms with Crippen LogP contribution in [0.1, 0.15) is 32.3 Å². The Kier molecular flexibility index (Phi) is 5.61. The highest BCUT2D eigenvalue weighted by Gasteiger charge is 2.26. The van der Waals surface area contributed by atoms with Crippen molar-refractivity contribution in [2.24, 2.45) is 0 Å². The van der Waals surface area contributed by atoms with Crippen molar-refractivity contribution in [3.8, 4) is 5.75 Å². The van der Waals surface area contributed by atoms with Gasteiger partial charge in [-0.2, -0.15) is 0 Å². The van der Waals surface area contributed by atoms with E-state index in [1.807, 2.05) is 6.92 Å². The van der Waals surface area contributed by atoms with Gasteiger partial charge >= 0.3 is 0 Å². The van der Waals surface area contributed by atoms with E-state index in [1.165, 1.54) is 13.2 Å². The maximum absolute atomic E-state index is 12.4. The lowest BCUT2D eigenvalue weighted by Gasteiger charge is -2.23. The molecule has 0 radical (unpaired) electrons. The van der Waals surface area contributed by atoms with Crippen molar-refractivity contribution in [3.05, 3.63) is 17.7 Å². The fourth-order valence-corrected chi connectivity index (χ4v) is 3.35. The second-order valence-corrected chi connectivity index (χ2v) is 7.17. The first-order valence-electron chi connectivity index (χ1n) is 6.79. The average molecular weight is 316 g/mol. The van der Waals surface area contributed by atoms with Gasteiger partial charge in [-0.05, 0) is 38.0 Å². The number of aliphatic hydroxyl groups is 1. The number of anilines is 1. The molecule has 1 rings (SSSR count). The van der Waals surface area contributed by atoms with E-state index in [9.17, 15) is 13.5 Å². The summed E-state index contributed by atoms with van der Waals surface area (Å²) in [5.41, 5.74) is 5.79. The zero-order valence-electron chi connectivity index (χ0n) is 12.9. The fourth-order valence-electron chi connectivity index (χ4n) is 2.00. The summed E-state index contributed by atoms with van der Waals surface area (Å²) in [7, 11) is -2.41. The van der Waals surface area contributed by atoms with Crippen LogP contribution < -0.4 is 15.2 Å². The topological polar surface area (TPSA) is 102 Å². The third kappa shape index (κ3) is 4.59. The van der Waals surface area contributed by atoms with E-state index in [0.29, 0.717) is 12.1 Å². The van der Waals surface area contributed by atoms with Crippen LogP contribution in [0.25, 0.3) is 0 Å². The van der Waals surface area contributed by atoms with Gasteiger partial charge < -0.3 is 15.6 Å². The van der Waals surface area contributed by atoms with Crippen LogP contribution in [0.4, 0.5) is 5.69 Å². The van der Waals surface area contributed by atoms with Gasteiger partial charge in [-0.15, -0.1) is 0 Å². The van der Waals surface area contributed by atoms with Crippen molar-refractivity contribution >= 4 is 15.7 Å². The highest BCUT2D eigenvalue weighted by Crippen LogP contribution is 2.29. The molecule has 0 saturated heterocycles. The molecule has 0 fully saturated rings. The summed E-state index contributed by atoms with van der Waals surface area (Å²) in [5.74, 6) is 0.226. The largest absolute Gasteiger partial charge is 0.495 e. The molecule has 0 aliphatic rings. The lowest BCUT2D eigenvalue weighted by Crippen LogP contribution is -2.40. The van der Waals surface area contributed by atoms with Gasteiger partial charge in [0, 0.05) is 12.2 Å². The van der Waals surface area contributed by atoms with E-state index < -0.39 is 15.6 Å².